The van der Waals surface area contributed by atoms with Crippen LogP contribution in [0.4, 0.5) is 0 Å². The second-order valence-electron chi connectivity index (χ2n) is 6.16. The predicted molar refractivity (Wildman–Crippen MR) is 85.5 cm³/mol. The molecule has 0 aromatic heterocycles. The molecule has 0 unspecified atom stereocenters. The standard InChI is InChI=1S/C16H20N2O4S/c1-17-23(21,22)12-8-6-11(7-9-12)10-18-15(19)13-4-2-3-5-14(13)16(18)20/h2-5,11-12,17H,6-10H2,1H3. The molecular weight excluding hydrogens is 316 g/mol. The smallest absolute Gasteiger partial charge is 0.261 e. The lowest BCUT2D eigenvalue weighted by Gasteiger charge is -2.30. The van der Waals surface area contributed by atoms with Crippen LogP contribution in [0.5, 0.6) is 0 Å². The summed E-state index contributed by atoms with van der Waals surface area (Å²) in [5.41, 5.74) is 0.924. The van der Waals surface area contributed by atoms with Crippen molar-refractivity contribution in [1.29, 1.82) is 0 Å². The molecule has 0 spiro atoms. The molecule has 0 radical (unpaired) electrons. The molecule has 2 amide bonds. The van der Waals surface area contributed by atoms with Gasteiger partial charge in [0.25, 0.3) is 11.8 Å². The summed E-state index contributed by atoms with van der Waals surface area (Å²) in [6.45, 7) is 0.374. The predicted octanol–water partition coefficient (Wildman–Crippen LogP) is 1.39. The van der Waals surface area contributed by atoms with Gasteiger partial charge >= 0.3 is 0 Å². The summed E-state index contributed by atoms with van der Waals surface area (Å²) in [4.78, 5) is 26.0. The number of rotatable bonds is 4. The number of hydrogen-bond acceptors (Lipinski definition) is 4. The minimum absolute atomic E-state index is 0.167. The summed E-state index contributed by atoms with van der Waals surface area (Å²) in [6, 6.07) is 6.85. The van der Waals surface area contributed by atoms with Crippen molar-refractivity contribution in [3.63, 3.8) is 0 Å². The van der Waals surface area contributed by atoms with Crippen LogP contribution >= 0.6 is 0 Å². The molecule has 3 rings (SSSR count). The lowest BCUT2D eigenvalue weighted by Crippen LogP contribution is -2.39. The van der Waals surface area contributed by atoms with Gasteiger partial charge in [0, 0.05) is 6.54 Å². The Hall–Kier alpha value is -1.73. The van der Waals surface area contributed by atoms with Gasteiger partial charge in [-0.15, -0.1) is 0 Å². The van der Waals surface area contributed by atoms with Gasteiger partial charge in [0.15, 0.2) is 0 Å². The van der Waals surface area contributed by atoms with Crippen LogP contribution in [0.2, 0.25) is 0 Å². The molecule has 23 heavy (non-hydrogen) atoms. The molecule has 1 saturated carbocycles. The molecular formula is C16H20N2O4S. The zero-order chi connectivity index (χ0) is 16.6. The van der Waals surface area contributed by atoms with E-state index >= 15 is 0 Å². The van der Waals surface area contributed by atoms with Crippen molar-refractivity contribution in [3.8, 4) is 0 Å². The van der Waals surface area contributed by atoms with E-state index in [4.69, 9.17) is 0 Å². The monoisotopic (exact) mass is 336 g/mol. The SMILES string of the molecule is CNS(=O)(=O)C1CCC(CN2C(=O)c3ccccc3C2=O)CC1. The van der Waals surface area contributed by atoms with E-state index < -0.39 is 10.0 Å². The van der Waals surface area contributed by atoms with Crippen LogP contribution in [0.1, 0.15) is 46.4 Å². The minimum Gasteiger partial charge on any atom is -0.274 e. The number of benzene rings is 1. The fourth-order valence-electron chi connectivity index (χ4n) is 3.45. The first-order chi connectivity index (χ1) is 10.9. The highest BCUT2D eigenvalue weighted by Gasteiger charge is 2.38. The number of nitrogens with zero attached hydrogens (tertiary/aromatic N) is 1. The van der Waals surface area contributed by atoms with Crippen LogP contribution < -0.4 is 4.72 Å². The number of hydrogen-bond donors (Lipinski definition) is 1. The highest BCUT2D eigenvalue weighted by molar-refractivity contribution is 7.90. The third kappa shape index (κ3) is 2.90. The lowest BCUT2D eigenvalue weighted by molar-refractivity contribution is 0.0617. The second kappa shape index (κ2) is 6.05. The number of imide groups is 1. The van der Waals surface area contributed by atoms with E-state index in [0.29, 0.717) is 43.4 Å². The molecule has 1 N–H and O–H groups in total. The highest BCUT2D eigenvalue weighted by atomic mass is 32.2. The molecule has 0 atom stereocenters. The number of carbonyl (C=O) groups excluding carboxylic acids is 2. The number of carbonyl (C=O) groups is 2. The van der Waals surface area contributed by atoms with Crippen LogP contribution in [-0.2, 0) is 10.0 Å². The molecule has 2 aliphatic rings. The van der Waals surface area contributed by atoms with Crippen molar-refractivity contribution in [3.05, 3.63) is 35.4 Å². The van der Waals surface area contributed by atoms with Gasteiger partial charge in [0.05, 0.1) is 16.4 Å². The fraction of sp³-hybridized carbons (Fsp3) is 0.500. The quantitative estimate of drug-likeness (QED) is 0.842. The average Bonchev–Trinajstić information content (AvgIpc) is 2.81. The van der Waals surface area contributed by atoms with Gasteiger partial charge in [0.1, 0.15) is 0 Å². The summed E-state index contributed by atoms with van der Waals surface area (Å²) < 4.78 is 26.0. The molecule has 6 nitrogen and oxygen atoms in total. The Morgan fingerprint density at radius 3 is 2.04 bits per heavy atom. The largest absolute Gasteiger partial charge is 0.274 e. The molecule has 0 bridgehead atoms. The van der Waals surface area contributed by atoms with E-state index in [1.54, 1.807) is 24.3 Å². The summed E-state index contributed by atoms with van der Waals surface area (Å²) >= 11 is 0. The maximum atomic E-state index is 12.3. The van der Waals surface area contributed by atoms with E-state index in [1.165, 1.54) is 11.9 Å². The third-order valence-electron chi connectivity index (χ3n) is 4.84. The Morgan fingerprint density at radius 1 is 1.04 bits per heavy atom. The first-order valence-corrected chi connectivity index (χ1v) is 9.36. The van der Waals surface area contributed by atoms with Gasteiger partial charge in [-0.1, -0.05) is 12.1 Å². The summed E-state index contributed by atoms with van der Waals surface area (Å²) in [6.07, 6.45) is 2.55. The average molecular weight is 336 g/mol. The van der Waals surface area contributed by atoms with Crippen molar-refractivity contribution in [2.45, 2.75) is 30.9 Å². The van der Waals surface area contributed by atoms with Crippen molar-refractivity contribution in [1.82, 2.24) is 9.62 Å². The third-order valence-corrected chi connectivity index (χ3v) is 6.75. The normalized spacial score (nSPS) is 24.8. The first kappa shape index (κ1) is 16.1. The van der Waals surface area contributed by atoms with Crippen molar-refractivity contribution in [2.24, 2.45) is 5.92 Å². The summed E-state index contributed by atoms with van der Waals surface area (Å²) in [5, 5.41) is -0.370. The summed E-state index contributed by atoms with van der Waals surface area (Å²) in [5.74, 6) is -0.313. The molecule has 1 heterocycles. The molecule has 1 aromatic carbocycles. The first-order valence-electron chi connectivity index (χ1n) is 7.81. The van der Waals surface area contributed by atoms with Gasteiger partial charge in [-0.05, 0) is 50.8 Å². The van der Waals surface area contributed by atoms with Gasteiger partial charge in [-0.25, -0.2) is 13.1 Å². The van der Waals surface area contributed by atoms with Crippen LogP contribution in [0.3, 0.4) is 0 Å². The number of sulfonamides is 1. The molecule has 124 valence electrons. The fourth-order valence-corrected chi connectivity index (χ4v) is 4.68. The molecule has 0 saturated heterocycles. The molecule has 1 aliphatic carbocycles. The van der Waals surface area contributed by atoms with Gasteiger partial charge < -0.3 is 0 Å². The zero-order valence-electron chi connectivity index (χ0n) is 13.0. The van der Waals surface area contributed by atoms with E-state index in [0.717, 1.165) is 0 Å². The maximum Gasteiger partial charge on any atom is 0.261 e. The van der Waals surface area contributed by atoms with Gasteiger partial charge in [-0.3, -0.25) is 14.5 Å². The second-order valence-corrected chi connectivity index (χ2v) is 8.32. The lowest BCUT2D eigenvalue weighted by atomic mass is 9.88. The van der Waals surface area contributed by atoms with E-state index in [9.17, 15) is 18.0 Å². The van der Waals surface area contributed by atoms with E-state index in [1.807, 2.05) is 0 Å². The number of nitrogens with one attached hydrogen (secondary N) is 1. The minimum atomic E-state index is -3.23. The molecule has 7 heteroatoms. The van der Waals surface area contributed by atoms with E-state index in [-0.39, 0.29) is 23.0 Å². The Balaban J connectivity index is 1.65. The molecule has 1 aromatic rings. The van der Waals surface area contributed by atoms with Crippen molar-refractivity contribution >= 4 is 21.8 Å². The van der Waals surface area contributed by atoms with Crippen molar-refractivity contribution < 1.29 is 18.0 Å². The Morgan fingerprint density at radius 2 is 1.57 bits per heavy atom. The Labute approximate surface area is 135 Å². The van der Waals surface area contributed by atoms with Crippen LogP contribution in [0.15, 0.2) is 24.3 Å². The van der Waals surface area contributed by atoms with E-state index in [2.05, 4.69) is 4.72 Å². The van der Waals surface area contributed by atoms with Gasteiger partial charge in [-0.2, -0.15) is 0 Å². The topological polar surface area (TPSA) is 83.6 Å². The Bertz CT molecular complexity index is 701. The number of amides is 2. The zero-order valence-corrected chi connectivity index (χ0v) is 13.8. The molecule has 1 fully saturated rings. The van der Waals surface area contributed by atoms with Crippen LogP contribution in [-0.4, -0.2) is 44.0 Å². The van der Waals surface area contributed by atoms with Crippen molar-refractivity contribution in [2.75, 3.05) is 13.6 Å². The highest BCUT2D eigenvalue weighted by Crippen LogP contribution is 2.31. The van der Waals surface area contributed by atoms with Crippen LogP contribution in [0.25, 0.3) is 0 Å². The maximum absolute atomic E-state index is 12.3. The van der Waals surface area contributed by atoms with Crippen LogP contribution in [0, 0.1) is 5.92 Å². The molecule has 1 aliphatic heterocycles. The van der Waals surface area contributed by atoms with Gasteiger partial charge in [0.2, 0.25) is 10.0 Å². The Kier molecular flexibility index (Phi) is 4.25. The number of fused-ring (bicyclic) bond motifs is 1. The summed E-state index contributed by atoms with van der Waals surface area (Å²) in [7, 11) is -1.80.